The van der Waals surface area contributed by atoms with Crippen LogP contribution >= 0.6 is 11.6 Å². The highest BCUT2D eigenvalue weighted by Crippen LogP contribution is 2.39. The van der Waals surface area contributed by atoms with E-state index < -0.39 is 41.0 Å². The van der Waals surface area contributed by atoms with E-state index in [1.165, 1.54) is 14.0 Å². The van der Waals surface area contributed by atoms with Gasteiger partial charge in [-0.15, -0.1) is 0 Å². The molecule has 0 bridgehead atoms. The van der Waals surface area contributed by atoms with Crippen molar-refractivity contribution in [3.8, 4) is 11.8 Å². The van der Waals surface area contributed by atoms with E-state index >= 15 is 0 Å². The summed E-state index contributed by atoms with van der Waals surface area (Å²) in [4.78, 5) is 29.4. The van der Waals surface area contributed by atoms with Crippen LogP contribution in [0.2, 0.25) is 5.02 Å². The fourth-order valence-corrected chi connectivity index (χ4v) is 4.97. The van der Waals surface area contributed by atoms with Gasteiger partial charge in [-0.1, -0.05) is 23.7 Å². The van der Waals surface area contributed by atoms with Crippen LogP contribution in [0.1, 0.15) is 51.7 Å². The molecule has 2 aromatic carbocycles. The van der Waals surface area contributed by atoms with Gasteiger partial charge in [0.15, 0.2) is 0 Å². The first kappa shape index (κ1) is 29.6. The number of rotatable bonds is 6. The molecule has 1 aliphatic rings. The number of carbonyl (C=O) groups is 2. The molecule has 0 saturated heterocycles. The molecule has 3 aromatic rings. The van der Waals surface area contributed by atoms with E-state index in [4.69, 9.17) is 22.1 Å². The molecule has 7 nitrogen and oxygen atoms in total. The van der Waals surface area contributed by atoms with Crippen molar-refractivity contribution in [1.82, 2.24) is 10.3 Å². The third-order valence-electron chi connectivity index (χ3n) is 6.91. The predicted molar refractivity (Wildman–Crippen MR) is 144 cm³/mol. The highest BCUT2D eigenvalue weighted by molar-refractivity contribution is 6.31. The Bertz CT molecular complexity index is 1680. The molecule has 2 amide bonds. The first-order chi connectivity index (χ1) is 19.3. The summed E-state index contributed by atoms with van der Waals surface area (Å²) in [6, 6.07) is 9.87. The van der Waals surface area contributed by atoms with E-state index in [9.17, 15) is 32.4 Å². The summed E-state index contributed by atoms with van der Waals surface area (Å²) in [6.07, 6.45) is -3.07. The number of amides is 2. The zero-order valence-corrected chi connectivity index (χ0v) is 22.6. The maximum Gasteiger partial charge on any atom is 0.418 e. The van der Waals surface area contributed by atoms with Gasteiger partial charge in [-0.05, 0) is 67.5 Å². The molecule has 12 heteroatoms. The van der Waals surface area contributed by atoms with Gasteiger partial charge >= 0.3 is 6.18 Å². The molecule has 1 heterocycles. The normalized spacial score (nSPS) is 15.7. The second-order valence-corrected chi connectivity index (χ2v) is 9.85. The van der Waals surface area contributed by atoms with Crippen molar-refractivity contribution < 1.29 is 31.9 Å². The average Bonchev–Trinajstić information content (AvgIpc) is 3.07. The quantitative estimate of drug-likeness (QED) is 0.336. The third-order valence-corrected chi connectivity index (χ3v) is 7.20. The lowest BCUT2D eigenvalue weighted by Gasteiger charge is -2.23. The molecule has 0 spiro atoms. The maximum atomic E-state index is 14.2. The Hall–Kier alpha value is -4.43. The Morgan fingerprint density at radius 2 is 1.98 bits per heavy atom. The molecule has 0 aliphatic heterocycles. The van der Waals surface area contributed by atoms with Gasteiger partial charge < -0.3 is 15.8 Å². The lowest BCUT2D eigenvalue weighted by molar-refractivity contribution is -0.0900. The number of fused-ring (bicyclic) bond motifs is 1. The van der Waals surface area contributed by atoms with E-state index in [1.807, 2.05) is 6.07 Å². The number of nitriles is 1. The fourth-order valence-electron chi connectivity index (χ4n) is 4.81. The summed E-state index contributed by atoms with van der Waals surface area (Å²) in [5, 5.41) is 11.3. The Labute approximate surface area is 237 Å². The second kappa shape index (κ2) is 11.6. The van der Waals surface area contributed by atoms with Crippen molar-refractivity contribution in [3.63, 3.8) is 0 Å². The molecule has 41 heavy (non-hydrogen) atoms. The van der Waals surface area contributed by atoms with Crippen LogP contribution in [-0.2, 0) is 6.42 Å². The van der Waals surface area contributed by atoms with Crippen molar-refractivity contribution in [3.05, 3.63) is 92.5 Å². The van der Waals surface area contributed by atoms with Crippen molar-refractivity contribution in [1.29, 1.82) is 5.26 Å². The van der Waals surface area contributed by atoms with E-state index in [0.717, 1.165) is 24.3 Å². The van der Waals surface area contributed by atoms with Crippen LogP contribution in [0.25, 0.3) is 10.9 Å². The second-order valence-electron chi connectivity index (χ2n) is 9.45. The van der Waals surface area contributed by atoms with Crippen molar-refractivity contribution >= 4 is 34.3 Å². The van der Waals surface area contributed by atoms with Gasteiger partial charge in [0.2, 0.25) is 0 Å². The number of allylic oxidation sites excluding steroid dienone is 3. The van der Waals surface area contributed by atoms with E-state index in [1.54, 1.807) is 18.2 Å². The first-order valence-electron chi connectivity index (χ1n) is 12.3. The van der Waals surface area contributed by atoms with Gasteiger partial charge in [-0.3, -0.25) is 9.59 Å². The summed E-state index contributed by atoms with van der Waals surface area (Å²) in [5.74, 6) is -2.91. The molecule has 1 aliphatic carbocycles. The zero-order chi connectivity index (χ0) is 30.1. The maximum absolute atomic E-state index is 14.2. The van der Waals surface area contributed by atoms with Crippen LogP contribution in [0.3, 0.4) is 0 Å². The van der Waals surface area contributed by atoms with E-state index in [-0.39, 0.29) is 45.6 Å². The van der Waals surface area contributed by atoms with Crippen LogP contribution in [-0.4, -0.2) is 30.1 Å². The number of alkyl halides is 3. The number of pyridine rings is 1. The molecule has 0 unspecified atom stereocenters. The Kier molecular flexibility index (Phi) is 8.35. The first-order valence-corrected chi connectivity index (χ1v) is 12.7. The van der Waals surface area contributed by atoms with Gasteiger partial charge in [0.1, 0.15) is 17.3 Å². The van der Waals surface area contributed by atoms with Gasteiger partial charge in [0.05, 0.1) is 46.1 Å². The van der Waals surface area contributed by atoms with Crippen LogP contribution in [0.5, 0.6) is 5.75 Å². The summed E-state index contributed by atoms with van der Waals surface area (Å²) < 4.78 is 62.2. The number of ether oxygens (including phenoxy) is 1. The number of hydrogen-bond acceptors (Lipinski definition) is 5. The molecule has 1 aromatic heterocycles. The molecular formula is C29H23ClF4N4O3. The smallest absolute Gasteiger partial charge is 0.418 e. The summed E-state index contributed by atoms with van der Waals surface area (Å²) in [5.41, 5.74) is 4.43. The van der Waals surface area contributed by atoms with Crippen LogP contribution in [0.15, 0.2) is 59.3 Å². The monoisotopic (exact) mass is 586 g/mol. The number of nitrogens with zero attached hydrogens (tertiary/aromatic N) is 2. The fraction of sp³-hybridized carbons (Fsp3) is 0.241. The summed E-state index contributed by atoms with van der Waals surface area (Å²) in [6.45, 7) is 1.51. The van der Waals surface area contributed by atoms with Crippen molar-refractivity contribution in [2.45, 2.75) is 32.4 Å². The molecule has 3 N–H and O–H groups in total. The van der Waals surface area contributed by atoms with Crippen molar-refractivity contribution in [2.75, 3.05) is 7.11 Å². The number of halogens is 5. The summed E-state index contributed by atoms with van der Waals surface area (Å²) in [7, 11) is 1.43. The van der Waals surface area contributed by atoms with Gasteiger partial charge in [0, 0.05) is 11.5 Å². The van der Waals surface area contributed by atoms with Gasteiger partial charge in [-0.2, -0.15) is 18.4 Å². The van der Waals surface area contributed by atoms with Gasteiger partial charge in [-0.25, -0.2) is 9.37 Å². The van der Waals surface area contributed by atoms with E-state index in [0.29, 0.717) is 23.3 Å². The molecule has 212 valence electrons. The third kappa shape index (κ3) is 6.18. The lowest BCUT2D eigenvalue weighted by Crippen LogP contribution is -2.31. The number of aromatic nitrogens is 1. The molecule has 0 fully saturated rings. The Balaban J connectivity index is 1.81. The minimum Gasteiger partial charge on any atom is -0.496 e. The van der Waals surface area contributed by atoms with Gasteiger partial charge in [0.25, 0.3) is 11.8 Å². The van der Waals surface area contributed by atoms with Crippen LogP contribution in [0.4, 0.5) is 17.6 Å². The van der Waals surface area contributed by atoms with Crippen molar-refractivity contribution in [2.24, 2.45) is 11.7 Å². The number of nitrogens with two attached hydrogens (primary N) is 1. The molecule has 0 saturated carbocycles. The highest BCUT2D eigenvalue weighted by atomic mass is 35.5. The number of benzene rings is 2. The Morgan fingerprint density at radius 3 is 2.61 bits per heavy atom. The molecule has 1 atom stereocenters. The summed E-state index contributed by atoms with van der Waals surface area (Å²) >= 11 is 5.90. The molecule has 0 radical (unpaired) electrons. The lowest BCUT2D eigenvalue weighted by atomic mass is 9.87. The minimum atomic E-state index is -4.80. The van der Waals surface area contributed by atoms with Crippen LogP contribution < -0.4 is 15.8 Å². The minimum absolute atomic E-state index is 0.0159. The standard InChI is InChI=1S/C29H23ClF4N4O3/c1-14-16(9-17-7-6-15(13-35)8-25(17)41-2)4-3-5-20(29(32,33)34)26(14)38-28(40)19-11-24(27(36)39)37-23-12-22(31)21(30)10-18(19)23/h5-8,10-12,16H,3-4,9H2,1-2H3,(H2,36,39)(H,38,40)/t16-/m0/s1. The molecular weight excluding hydrogens is 564 g/mol. The largest absolute Gasteiger partial charge is 0.496 e. The zero-order valence-electron chi connectivity index (χ0n) is 21.8. The number of hydrogen-bond donors (Lipinski definition) is 2. The topological polar surface area (TPSA) is 118 Å². The van der Waals surface area contributed by atoms with E-state index in [2.05, 4.69) is 10.3 Å². The SMILES string of the molecule is COc1cc(C#N)ccc1C[C@@H]1CCC=C(C(F)(F)F)C(NC(=O)c2cc(C(N)=O)nc3cc(F)c(Cl)cc23)=C1C. The number of carbonyl (C=O) groups excluding carboxylic acids is 2. The molecule has 4 rings (SSSR count). The number of nitrogens with one attached hydrogen (secondary N) is 1. The average molecular weight is 587 g/mol. The highest BCUT2D eigenvalue weighted by Gasteiger charge is 2.39. The number of primary amides is 1. The number of methoxy groups -OCH3 is 1. The Morgan fingerprint density at radius 1 is 1.24 bits per heavy atom. The predicted octanol–water partition coefficient (Wildman–Crippen LogP) is 6.15. The van der Waals surface area contributed by atoms with Crippen LogP contribution in [0, 0.1) is 23.1 Å².